The van der Waals surface area contributed by atoms with E-state index in [1.54, 1.807) is 26.4 Å². The lowest BCUT2D eigenvalue weighted by molar-refractivity contribution is 0.0978. The summed E-state index contributed by atoms with van der Waals surface area (Å²) in [4.78, 5) is 14.9. The molecule has 1 aliphatic heterocycles. The van der Waals surface area contributed by atoms with E-state index in [0.717, 1.165) is 69.3 Å². The minimum atomic E-state index is -1.45. The summed E-state index contributed by atoms with van der Waals surface area (Å²) in [5.74, 6) is -0.0502. The van der Waals surface area contributed by atoms with Crippen LogP contribution in [0.4, 0.5) is 4.39 Å². The van der Waals surface area contributed by atoms with Crippen LogP contribution in [0.5, 0.6) is 5.75 Å². The largest absolute Gasteiger partial charge is 0.493 e. The van der Waals surface area contributed by atoms with Crippen LogP contribution in [0.2, 0.25) is 10.0 Å². The van der Waals surface area contributed by atoms with Crippen LogP contribution in [0, 0.1) is 11.7 Å². The molecule has 2 aliphatic carbocycles. The van der Waals surface area contributed by atoms with Crippen LogP contribution in [-0.2, 0) is 22.3 Å². The van der Waals surface area contributed by atoms with Crippen molar-refractivity contribution in [1.29, 1.82) is 0 Å². The second-order valence-electron chi connectivity index (χ2n) is 11.0. The smallest absolute Gasteiger partial charge is 0.265 e. The maximum absolute atomic E-state index is 14.8. The fourth-order valence-electron chi connectivity index (χ4n) is 4.58. The number of carbonyl (C=O) groups excluding carboxylic acids is 1. The van der Waals surface area contributed by atoms with E-state index in [9.17, 15) is 13.4 Å². The van der Waals surface area contributed by atoms with Crippen LogP contribution in [0.3, 0.4) is 0 Å². The Morgan fingerprint density at radius 1 is 0.977 bits per heavy atom. The minimum Gasteiger partial charge on any atom is -0.493 e. The third-order valence-corrected chi connectivity index (χ3v) is 8.79. The molecule has 3 aliphatic rings. The Morgan fingerprint density at radius 2 is 1.53 bits per heavy atom. The van der Waals surface area contributed by atoms with Crippen LogP contribution in [0.15, 0.2) is 30.3 Å². The molecule has 0 spiro atoms. The number of likely N-dealkylation sites (tertiary alicyclic amines) is 1. The summed E-state index contributed by atoms with van der Waals surface area (Å²) in [7, 11) is 1.80. The predicted octanol–water partition coefficient (Wildman–Crippen LogP) is 8.56. The highest BCUT2D eigenvalue weighted by atomic mass is 35.5. The molecule has 5 rings (SSSR count). The van der Waals surface area contributed by atoms with Gasteiger partial charge >= 0.3 is 0 Å². The number of carbonyl (C=O) groups is 1. The lowest BCUT2D eigenvalue weighted by Gasteiger charge is -2.32. The van der Waals surface area contributed by atoms with Gasteiger partial charge in [0.25, 0.3) is 5.91 Å². The van der Waals surface area contributed by atoms with E-state index < -0.39 is 22.7 Å². The summed E-state index contributed by atoms with van der Waals surface area (Å²) in [5, 5.41) is 1.30. The van der Waals surface area contributed by atoms with Crippen molar-refractivity contribution in [3.63, 3.8) is 0 Å². The summed E-state index contributed by atoms with van der Waals surface area (Å²) in [6.07, 6.45) is 6.91. The van der Waals surface area contributed by atoms with Gasteiger partial charge in [-0.25, -0.2) is 8.60 Å². The van der Waals surface area contributed by atoms with E-state index in [1.165, 1.54) is 12.5 Å². The third-order valence-electron chi connectivity index (χ3n) is 6.89. The van der Waals surface area contributed by atoms with Gasteiger partial charge in [0.1, 0.15) is 22.6 Å². The Balaban J connectivity index is 0.000000733. The zero-order valence-corrected chi connectivity index (χ0v) is 28.8. The summed E-state index contributed by atoms with van der Waals surface area (Å²) in [6, 6.07) is 8.57. The molecule has 3 fully saturated rings. The topological polar surface area (TPSA) is 67.9 Å². The quantitative estimate of drug-likeness (QED) is 0.292. The minimum absolute atomic E-state index is 0.00207. The highest BCUT2D eigenvalue weighted by Crippen LogP contribution is 2.45. The van der Waals surface area contributed by atoms with Crippen molar-refractivity contribution < 1.29 is 22.9 Å². The van der Waals surface area contributed by atoms with Gasteiger partial charge in [-0.2, -0.15) is 0 Å². The molecule has 2 aromatic carbocycles. The average Bonchev–Trinajstić information content (AvgIpc) is 3.88. The number of methoxy groups -OCH3 is 1. The number of halogens is 3. The van der Waals surface area contributed by atoms with Gasteiger partial charge in [0.05, 0.1) is 17.4 Å². The zero-order valence-electron chi connectivity index (χ0n) is 26.5. The SMILES string of the molecule is CC.CCC.COC.O=C(NS(=O)C1CC1)c1cc(C2CC2)c(OCC2CCN(Cc3cc(Cl)cc(Cl)c3)CC2)cc1F. The normalized spacial score (nSPS) is 17.2. The molecule has 0 bridgehead atoms. The van der Waals surface area contributed by atoms with E-state index in [2.05, 4.69) is 28.2 Å². The number of rotatable bonds is 9. The van der Waals surface area contributed by atoms with Crippen molar-refractivity contribution in [2.45, 2.75) is 90.4 Å². The second kappa shape index (κ2) is 19.6. The third kappa shape index (κ3) is 13.0. The number of nitrogens with zero attached hydrogens (tertiary/aromatic N) is 1. The van der Waals surface area contributed by atoms with Gasteiger partial charge in [0, 0.05) is 36.9 Å². The molecule has 1 atom stereocenters. The van der Waals surface area contributed by atoms with Gasteiger partial charge in [-0.15, -0.1) is 0 Å². The van der Waals surface area contributed by atoms with Gasteiger partial charge in [0.15, 0.2) is 0 Å². The molecule has 0 aromatic heterocycles. The number of hydrogen-bond acceptors (Lipinski definition) is 5. The van der Waals surface area contributed by atoms with Gasteiger partial charge in [-0.1, -0.05) is 57.3 Å². The molecule has 6 nitrogen and oxygen atoms in total. The van der Waals surface area contributed by atoms with E-state index in [-0.39, 0.29) is 16.7 Å². The molecule has 10 heteroatoms. The van der Waals surface area contributed by atoms with Gasteiger partial charge in [-0.3, -0.25) is 14.4 Å². The molecule has 2 saturated carbocycles. The Morgan fingerprint density at radius 3 is 2.05 bits per heavy atom. The van der Waals surface area contributed by atoms with Crippen LogP contribution < -0.4 is 9.46 Å². The lowest BCUT2D eigenvalue weighted by atomic mass is 9.97. The molecule has 2 aromatic rings. The van der Waals surface area contributed by atoms with Gasteiger partial charge < -0.3 is 9.47 Å². The molecule has 0 radical (unpaired) electrons. The molecule has 242 valence electrons. The maximum atomic E-state index is 14.8. The van der Waals surface area contributed by atoms with E-state index in [0.29, 0.717) is 28.3 Å². The molecule has 1 heterocycles. The Kier molecular flexibility index (Phi) is 17.1. The van der Waals surface area contributed by atoms with E-state index >= 15 is 0 Å². The highest BCUT2D eigenvalue weighted by molar-refractivity contribution is 7.84. The molecular formula is C33H49Cl2FN2O4S. The molecule has 43 heavy (non-hydrogen) atoms. The first-order valence-corrected chi connectivity index (χ1v) is 17.4. The van der Waals surface area contributed by atoms with Crippen molar-refractivity contribution >= 4 is 40.1 Å². The average molecular weight is 660 g/mol. The molecule has 1 unspecified atom stereocenters. The second-order valence-corrected chi connectivity index (χ2v) is 13.3. The number of piperidine rings is 1. The number of benzene rings is 2. The van der Waals surface area contributed by atoms with E-state index in [1.807, 2.05) is 26.0 Å². The zero-order chi connectivity index (χ0) is 31.9. The first kappa shape index (κ1) is 37.5. The van der Waals surface area contributed by atoms with Gasteiger partial charge in [-0.05, 0) is 98.8 Å². The van der Waals surface area contributed by atoms with E-state index in [4.69, 9.17) is 27.9 Å². The number of nitrogens with one attached hydrogen (secondary N) is 1. The summed E-state index contributed by atoms with van der Waals surface area (Å²) in [6.45, 7) is 11.5. The molecule has 1 saturated heterocycles. The fourth-order valence-corrected chi connectivity index (χ4v) is 6.17. The van der Waals surface area contributed by atoms with Gasteiger partial charge in [0.2, 0.25) is 0 Å². The van der Waals surface area contributed by atoms with Crippen LogP contribution in [0.25, 0.3) is 0 Å². The van der Waals surface area contributed by atoms with Crippen LogP contribution >= 0.6 is 23.2 Å². The highest BCUT2D eigenvalue weighted by Gasteiger charge is 2.33. The van der Waals surface area contributed by atoms with Crippen molar-refractivity contribution in [2.24, 2.45) is 5.92 Å². The van der Waals surface area contributed by atoms with Crippen molar-refractivity contribution in [3.8, 4) is 5.75 Å². The monoisotopic (exact) mass is 658 g/mol. The van der Waals surface area contributed by atoms with Crippen molar-refractivity contribution in [1.82, 2.24) is 9.62 Å². The summed E-state index contributed by atoms with van der Waals surface area (Å²) in [5.41, 5.74) is 1.93. The standard InChI is InChI=1S/C26H29Cl2FN2O3S.C3H8.C2H6O.C2H6/c27-19-9-17(10-20(28)11-19)14-31-7-5-16(6-8-31)15-34-25-13-24(29)23(12-22(25)18-1-2-18)26(32)30-35(33)21-3-4-21;2*1-3-2;1-2/h9-13,16,18,21H,1-8,14-15H2,(H,30,32);3H2,1-2H3;1-2H3;1-2H3. The van der Waals surface area contributed by atoms with Crippen LogP contribution in [0.1, 0.15) is 100 Å². The number of hydrogen-bond donors (Lipinski definition) is 1. The summed E-state index contributed by atoms with van der Waals surface area (Å²) >= 11 is 12.2. The lowest BCUT2D eigenvalue weighted by Crippen LogP contribution is -2.35. The van der Waals surface area contributed by atoms with Crippen molar-refractivity contribution in [3.05, 3.63) is 62.9 Å². The number of amides is 1. The fraction of sp³-hybridized carbons (Fsp3) is 0.606. The van der Waals surface area contributed by atoms with Crippen LogP contribution in [-0.4, -0.2) is 54.2 Å². The number of ether oxygens (including phenoxy) is 2. The Labute approximate surface area is 270 Å². The first-order chi connectivity index (χ1) is 20.7. The Bertz CT molecular complexity index is 1150. The maximum Gasteiger partial charge on any atom is 0.265 e. The van der Waals surface area contributed by atoms with Crippen molar-refractivity contribution in [2.75, 3.05) is 33.9 Å². The predicted molar refractivity (Wildman–Crippen MR) is 177 cm³/mol. The first-order valence-electron chi connectivity index (χ1n) is 15.4. The molecular weight excluding hydrogens is 610 g/mol. The molecule has 1 amide bonds. The summed E-state index contributed by atoms with van der Waals surface area (Å²) < 4.78 is 39.7. The molecule has 1 N–H and O–H groups in total. The Hall–Kier alpha value is -1.71.